The highest BCUT2D eigenvalue weighted by atomic mass is 16.5. The first-order valence-corrected chi connectivity index (χ1v) is 10.9. The van der Waals surface area contributed by atoms with Gasteiger partial charge in [-0.2, -0.15) is 0 Å². The second kappa shape index (κ2) is 18.7. The van der Waals surface area contributed by atoms with Crippen LogP contribution in [0, 0.1) is 5.92 Å². The van der Waals surface area contributed by atoms with E-state index < -0.39 is 0 Å². The third kappa shape index (κ3) is 16.4. The predicted molar refractivity (Wildman–Crippen MR) is 107 cm³/mol. The zero-order chi connectivity index (χ0) is 19.5. The van der Waals surface area contributed by atoms with Crippen LogP contribution in [0.4, 0.5) is 0 Å². The highest BCUT2D eigenvalue weighted by Crippen LogP contribution is 2.10. The summed E-state index contributed by atoms with van der Waals surface area (Å²) in [5.41, 5.74) is 0. The van der Waals surface area contributed by atoms with Crippen molar-refractivity contribution in [1.29, 1.82) is 0 Å². The summed E-state index contributed by atoms with van der Waals surface area (Å²) >= 11 is 0. The first kappa shape index (κ1) is 24.9. The van der Waals surface area contributed by atoms with Crippen LogP contribution in [-0.4, -0.2) is 25.2 Å². The number of carbonyl (C=O) groups is 2. The first-order chi connectivity index (χ1) is 12.6. The largest absolute Gasteiger partial charge is 0.466 e. The summed E-state index contributed by atoms with van der Waals surface area (Å²) in [6, 6.07) is 0. The molecule has 0 saturated heterocycles. The van der Waals surface area contributed by atoms with Crippen molar-refractivity contribution < 1.29 is 19.1 Å². The number of carbonyl (C=O) groups excluding carboxylic acids is 2. The number of hydrogen-bond acceptors (Lipinski definition) is 4. The Morgan fingerprint density at radius 3 is 1.73 bits per heavy atom. The van der Waals surface area contributed by atoms with Gasteiger partial charge in [0.2, 0.25) is 0 Å². The van der Waals surface area contributed by atoms with Crippen LogP contribution in [0.5, 0.6) is 0 Å². The number of unbranched alkanes of at least 4 members (excludes halogenated alkanes) is 8. The van der Waals surface area contributed by atoms with E-state index >= 15 is 0 Å². The minimum Gasteiger partial charge on any atom is -0.466 e. The van der Waals surface area contributed by atoms with Crippen molar-refractivity contribution >= 4 is 11.9 Å². The van der Waals surface area contributed by atoms with Crippen molar-refractivity contribution in [1.82, 2.24) is 0 Å². The maximum atomic E-state index is 11.6. The van der Waals surface area contributed by atoms with Crippen molar-refractivity contribution in [3.05, 3.63) is 0 Å². The third-order valence-corrected chi connectivity index (χ3v) is 4.91. The highest BCUT2D eigenvalue weighted by Gasteiger charge is 2.08. The summed E-state index contributed by atoms with van der Waals surface area (Å²) in [6.45, 7) is 7.55. The molecule has 0 aromatic heterocycles. The van der Waals surface area contributed by atoms with Gasteiger partial charge in [-0.1, -0.05) is 78.6 Å². The molecule has 0 saturated carbocycles. The Hall–Kier alpha value is -1.06. The summed E-state index contributed by atoms with van der Waals surface area (Å²) in [5.74, 6) is 0.260. The molecule has 0 atom stereocenters. The molecule has 0 bridgehead atoms. The number of ether oxygens (including phenoxy) is 2. The van der Waals surface area contributed by atoms with Crippen molar-refractivity contribution in [2.45, 2.75) is 111 Å². The lowest BCUT2D eigenvalue weighted by Gasteiger charge is -2.12. The van der Waals surface area contributed by atoms with Gasteiger partial charge in [0.15, 0.2) is 0 Å². The molecule has 0 fully saturated rings. The van der Waals surface area contributed by atoms with Crippen LogP contribution < -0.4 is 0 Å². The number of esters is 2. The maximum absolute atomic E-state index is 11.6. The van der Waals surface area contributed by atoms with Crippen molar-refractivity contribution in [3.63, 3.8) is 0 Å². The van der Waals surface area contributed by atoms with E-state index in [0.29, 0.717) is 32.0 Å². The quantitative estimate of drug-likeness (QED) is 0.212. The number of hydrogen-bond donors (Lipinski definition) is 0. The lowest BCUT2D eigenvalue weighted by atomic mass is 10.1. The smallest absolute Gasteiger partial charge is 0.305 e. The fraction of sp³-hybridized carbons (Fsp3) is 0.909. The van der Waals surface area contributed by atoms with Crippen molar-refractivity contribution in [2.24, 2.45) is 5.92 Å². The topological polar surface area (TPSA) is 52.6 Å². The van der Waals surface area contributed by atoms with E-state index in [0.717, 1.165) is 44.9 Å². The molecule has 0 aliphatic carbocycles. The molecule has 0 aliphatic rings. The Labute approximate surface area is 161 Å². The van der Waals surface area contributed by atoms with Gasteiger partial charge in [0, 0.05) is 12.8 Å². The summed E-state index contributed by atoms with van der Waals surface area (Å²) < 4.78 is 10.5. The van der Waals surface area contributed by atoms with Crippen LogP contribution >= 0.6 is 0 Å². The molecule has 0 unspecified atom stereocenters. The van der Waals surface area contributed by atoms with Gasteiger partial charge in [-0.15, -0.1) is 0 Å². The molecule has 0 aliphatic heterocycles. The summed E-state index contributed by atoms with van der Waals surface area (Å²) in [6.07, 6.45) is 14.0. The molecule has 0 amide bonds. The van der Waals surface area contributed by atoms with Crippen LogP contribution in [0.1, 0.15) is 111 Å². The van der Waals surface area contributed by atoms with E-state index in [1.165, 1.54) is 32.1 Å². The zero-order valence-corrected chi connectivity index (χ0v) is 17.5. The Balaban J connectivity index is 3.39. The van der Waals surface area contributed by atoms with Crippen LogP contribution in [0.15, 0.2) is 0 Å². The molecule has 4 nitrogen and oxygen atoms in total. The third-order valence-electron chi connectivity index (χ3n) is 4.91. The van der Waals surface area contributed by atoms with Gasteiger partial charge in [0.1, 0.15) is 0 Å². The summed E-state index contributed by atoms with van der Waals surface area (Å²) in [5, 5.41) is 0. The lowest BCUT2D eigenvalue weighted by Crippen LogP contribution is -2.13. The summed E-state index contributed by atoms with van der Waals surface area (Å²) in [4.78, 5) is 23.3. The molecular weight excluding hydrogens is 328 g/mol. The Bertz CT molecular complexity index is 337. The molecule has 0 heterocycles. The normalized spacial score (nSPS) is 10.9. The van der Waals surface area contributed by atoms with Gasteiger partial charge in [0.05, 0.1) is 13.2 Å². The van der Waals surface area contributed by atoms with Crippen molar-refractivity contribution in [3.8, 4) is 0 Å². The van der Waals surface area contributed by atoms with Crippen LogP contribution in [0.25, 0.3) is 0 Å². The van der Waals surface area contributed by atoms with Crippen LogP contribution in [0.2, 0.25) is 0 Å². The second-order valence-electron chi connectivity index (χ2n) is 7.27. The molecular formula is C22H42O4. The molecule has 0 rings (SSSR count). The van der Waals surface area contributed by atoms with Crippen LogP contribution in [0.3, 0.4) is 0 Å². The minimum atomic E-state index is -0.113. The lowest BCUT2D eigenvalue weighted by molar-refractivity contribution is -0.145. The Kier molecular flexibility index (Phi) is 18.0. The molecule has 154 valence electrons. The zero-order valence-electron chi connectivity index (χ0n) is 17.5. The minimum absolute atomic E-state index is 0.104. The SMILES string of the molecule is CCCCCCCCCOC(=O)CCCCCC(=O)OCC(CC)CC. The van der Waals surface area contributed by atoms with Gasteiger partial charge in [-0.3, -0.25) is 9.59 Å². The molecule has 4 heteroatoms. The van der Waals surface area contributed by atoms with Crippen LogP contribution in [-0.2, 0) is 19.1 Å². The van der Waals surface area contributed by atoms with E-state index in [9.17, 15) is 9.59 Å². The highest BCUT2D eigenvalue weighted by molar-refractivity contribution is 5.69. The van der Waals surface area contributed by atoms with E-state index in [4.69, 9.17) is 9.47 Å². The van der Waals surface area contributed by atoms with Gasteiger partial charge in [0.25, 0.3) is 0 Å². The van der Waals surface area contributed by atoms with Gasteiger partial charge in [-0.25, -0.2) is 0 Å². The second-order valence-corrected chi connectivity index (χ2v) is 7.27. The Morgan fingerprint density at radius 1 is 0.654 bits per heavy atom. The number of rotatable bonds is 18. The molecule has 0 radical (unpaired) electrons. The summed E-state index contributed by atoms with van der Waals surface area (Å²) in [7, 11) is 0. The average Bonchev–Trinajstić information content (AvgIpc) is 2.64. The molecule has 0 aromatic carbocycles. The fourth-order valence-electron chi connectivity index (χ4n) is 2.84. The maximum Gasteiger partial charge on any atom is 0.305 e. The first-order valence-electron chi connectivity index (χ1n) is 10.9. The Morgan fingerprint density at radius 2 is 1.15 bits per heavy atom. The molecule has 0 spiro atoms. The van der Waals surface area contributed by atoms with E-state index in [-0.39, 0.29) is 11.9 Å². The predicted octanol–water partition coefficient (Wildman–Crippen LogP) is 6.21. The molecule has 26 heavy (non-hydrogen) atoms. The average molecular weight is 371 g/mol. The van der Waals surface area contributed by atoms with Crippen molar-refractivity contribution in [2.75, 3.05) is 13.2 Å². The van der Waals surface area contributed by atoms with E-state index in [1.54, 1.807) is 0 Å². The monoisotopic (exact) mass is 370 g/mol. The van der Waals surface area contributed by atoms with E-state index in [2.05, 4.69) is 20.8 Å². The molecule has 0 N–H and O–H groups in total. The van der Waals surface area contributed by atoms with Gasteiger partial charge < -0.3 is 9.47 Å². The van der Waals surface area contributed by atoms with Gasteiger partial charge in [-0.05, 0) is 25.2 Å². The van der Waals surface area contributed by atoms with E-state index in [1.807, 2.05) is 0 Å². The van der Waals surface area contributed by atoms with Gasteiger partial charge >= 0.3 is 11.9 Å². The molecule has 0 aromatic rings. The fourth-order valence-corrected chi connectivity index (χ4v) is 2.84. The standard InChI is InChI=1S/C22H42O4/c1-4-7-8-9-10-11-15-18-25-21(23)16-13-12-14-17-22(24)26-19-20(5-2)6-3/h20H,4-19H2,1-3H3.